The molecular formula is C27H30F3NO4S. The lowest BCUT2D eigenvalue weighted by molar-refractivity contribution is -0.154. The molecule has 1 heterocycles. The van der Waals surface area contributed by atoms with E-state index >= 15 is 0 Å². The summed E-state index contributed by atoms with van der Waals surface area (Å²) in [5.74, 6) is 0.275. The predicted molar refractivity (Wildman–Crippen MR) is 133 cm³/mol. The van der Waals surface area contributed by atoms with E-state index in [1.807, 2.05) is 32.0 Å². The highest BCUT2D eigenvalue weighted by Crippen LogP contribution is 2.33. The van der Waals surface area contributed by atoms with Crippen molar-refractivity contribution in [3.8, 4) is 16.3 Å². The number of aromatic nitrogens is 1. The monoisotopic (exact) mass is 521 g/mol. The van der Waals surface area contributed by atoms with Crippen LogP contribution in [0.5, 0.6) is 5.75 Å². The van der Waals surface area contributed by atoms with Crippen LogP contribution in [-0.4, -0.2) is 30.8 Å². The van der Waals surface area contributed by atoms with Crippen LogP contribution in [-0.2, 0) is 33.5 Å². The van der Waals surface area contributed by atoms with Crippen molar-refractivity contribution < 1.29 is 32.2 Å². The van der Waals surface area contributed by atoms with Gasteiger partial charge in [0.15, 0.2) is 6.10 Å². The van der Waals surface area contributed by atoms with E-state index in [0.29, 0.717) is 29.3 Å². The second kappa shape index (κ2) is 12.4. The van der Waals surface area contributed by atoms with Gasteiger partial charge in [-0.1, -0.05) is 31.5 Å². The summed E-state index contributed by atoms with van der Waals surface area (Å²) < 4.78 is 55.1. The Morgan fingerprint density at radius 3 is 2.44 bits per heavy atom. The summed E-state index contributed by atoms with van der Waals surface area (Å²) in [6.07, 6.45) is -2.77. The Kier molecular flexibility index (Phi) is 9.50. The number of nitrogens with zero attached hydrogens (tertiary/aromatic N) is 1. The van der Waals surface area contributed by atoms with Gasteiger partial charge in [0.1, 0.15) is 17.4 Å². The van der Waals surface area contributed by atoms with E-state index in [2.05, 4.69) is 11.9 Å². The molecule has 3 rings (SSSR count). The number of benzene rings is 2. The molecule has 1 aromatic heterocycles. The first-order valence-electron chi connectivity index (χ1n) is 11.7. The first-order chi connectivity index (χ1) is 17.1. The summed E-state index contributed by atoms with van der Waals surface area (Å²) in [6.45, 7) is 6.64. The summed E-state index contributed by atoms with van der Waals surface area (Å²) in [5.41, 5.74) is 2.64. The Balaban J connectivity index is 1.65. The van der Waals surface area contributed by atoms with Crippen molar-refractivity contribution in [2.75, 3.05) is 13.7 Å². The van der Waals surface area contributed by atoms with E-state index in [1.54, 1.807) is 0 Å². The summed E-state index contributed by atoms with van der Waals surface area (Å²) in [6, 6.07) is 10.6. The zero-order valence-electron chi connectivity index (χ0n) is 20.8. The quantitative estimate of drug-likeness (QED) is 0.202. The molecule has 0 saturated carbocycles. The topological polar surface area (TPSA) is 57.7 Å². The third-order valence-corrected chi connectivity index (χ3v) is 6.90. The average molecular weight is 522 g/mol. The number of methoxy groups -OCH3 is 1. The molecule has 0 saturated heterocycles. The van der Waals surface area contributed by atoms with Crippen LogP contribution in [0.4, 0.5) is 13.2 Å². The van der Waals surface area contributed by atoms with Gasteiger partial charge in [0.2, 0.25) is 0 Å². The molecule has 0 bridgehead atoms. The number of rotatable bonds is 11. The first-order valence-corrected chi connectivity index (χ1v) is 12.5. The average Bonchev–Trinajstić information content (AvgIpc) is 3.22. The zero-order valence-corrected chi connectivity index (χ0v) is 21.6. The molecular weight excluding hydrogens is 491 g/mol. The van der Waals surface area contributed by atoms with Crippen LogP contribution in [0.1, 0.15) is 47.0 Å². The molecule has 0 spiro atoms. The lowest BCUT2D eigenvalue weighted by Gasteiger charge is -2.17. The second-order valence-electron chi connectivity index (χ2n) is 8.42. The molecule has 0 aliphatic rings. The van der Waals surface area contributed by atoms with E-state index in [0.717, 1.165) is 46.7 Å². The number of carbonyl (C=O) groups excluding carboxylic acids is 1. The zero-order chi connectivity index (χ0) is 26.3. The van der Waals surface area contributed by atoms with Crippen molar-refractivity contribution in [1.82, 2.24) is 4.98 Å². The fourth-order valence-corrected chi connectivity index (χ4v) is 4.52. The molecule has 3 aromatic rings. The maximum atomic E-state index is 12.8. The van der Waals surface area contributed by atoms with Gasteiger partial charge in [-0.2, -0.15) is 13.2 Å². The number of hydrogen-bond donors (Lipinski definition) is 0. The van der Waals surface area contributed by atoms with Gasteiger partial charge in [-0.05, 0) is 55.7 Å². The molecule has 5 nitrogen and oxygen atoms in total. The predicted octanol–water partition coefficient (Wildman–Crippen LogP) is 6.93. The van der Waals surface area contributed by atoms with Crippen molar-refractivity contribution in [3.63, 3.8) is 0 Å². The van der Waals surface area contributed by atoms with E-state index in [4.69, 9.17) is 14.2 Å². The van der Waals surface area contributed by atoms with Crippen LogP contribution in [0.3, 0.4) is 0 Å². The van der Waals surface area contributed by atoms with Gasteiger partial charge < -0.3 is 14.2 Å². The molecule has 0 amide bonds. The Hall–Kier alpha value is -2.91. The van der Waals surface area contributed by atoms with E-state index < -0.39 is 23.8 Å². The Morgan fingerprint density at radius 2 is 1.83 bits per heavy atom. The molecule has 0 radical (unpaired) electrons. The fourth-order valence-electron chi connectivity index (χ4n) is 3.53. The number of esters is 1. The van der Waals surface area contributed by atoms with Crippen LogP contribution in [0, 0.1) is 13.8 Å². The number of thiazole rings is 1. The van der Waals surface area contributed by atoms with Crippen molar-refractivity contribution in [2.24, 2.45) is 0 Å². The van der Waals surface area contributed by atoms with Gasteiger partial charge in [0.05, 0.1) is 23.2 Å². The summed E-state index contributed by atoms with van der Waals surface area (Å²) in [4.78, 5) is 17.5. The molecule has 0 aliphatic heterocycles. The third-order valence-electron chi connectivity index (χ3n) is 5.72. The first kappa shape index (κ1) is 27.7. The van der Waals surface area contributed by atoms with E-state index in [1.165, 1.54) is 30.6 Å². The smallest absolute Gasteiger partial charge is 0.416 e. The highest BCUT2D eigenvalue weighted by Gasteiger charge is 2.30. The molecule has 194 valence electrons. The highest BCUT2D eigenvalue weighted by molar-refractivity contribution is 7.15. The van der Waals surface area contributed by atoms with Crippen LogP contribution in [0.25, 0.3) is 10.6 Å². The van der Waals surface area contributed by atoms with Crippen molar-refractivity contribution in [3.05, 3.63) is 69.7 Å². The minimum atomic E-state index is -4.37. The molecule has 0 N–H and O–H groups in total. The number of aryl methyl sites for hydroxylation is 2. The molecule has 0 aliphatic carbocycles. The maximum Gasteiger partial charge on any atom is 0.416 e. The van der Waals surface area contributed by atoms with Gasteiger partial charge in [0.25, 0.3) is 0 Å². The minimum Gasteiger partial charge on any atom is -0.488 e. The Bertz CT molecular complexity index is 1160. The fraction of sp³-hybridized carbons (Fsp3) is 0.407. The SMILES string of the molecule is CCCCOC(Cc1ccc(OCc2sc(-c3ccc(C(F)(F)F)cc3)nc2C)cc1C)C(=O)OC. The molecule has 9 heteroatoms. The third kappa shape index (κ3) is 7.30. The number of unbranched alkanes of at least 4 members (excludes halogenated alkanes) is 1. The molecule has 0 fully saturated rings. The number of hydrogen-bond acceptors (Lipinski definition) is 6. The van der Waals surface area contributed by atoms with Gasteiger partial charge in [-0.25, -0.2) is 9.78 Å². The van der Waals surface area contributed by atoms with Gasteiger partial charge in [0, 0.05) is 18.6 Å². The normalized spacial score (nSPS) is 12.4. The van der Waals surface area contributed by atoms with Gasteiger partial charge in [-0.15, -0.1) is 11.3 Å². The lowest BCUT2D eigenvalue weighted by atomic mass is 10.0. The van der Waals surface area contributed by atoms with E-state index in [9.17, 15) is 18.0 Å². The molecule has 1 unspecified atom stereocenters. The summed E-state index contributed by atoms with van der Waals surface area (Å²) >= 11 is 1.39. The molecule has 36 heavy (non-hydrogen) atoms. The number of halogens is 3. The van der Waals surface area contributed by atoms with Crippen LogP contribution in [0.15, 0.2) is 42.5 Å². The van der Waals surface area contributed by atoms with E-state index in [-0.39, 0.29) is 6.61 Å². The van der Waals surface area contributed by atoms with Crippen LogP contribution < -0.4 is 4.74 Å². The standard InChI is InChI=1S/C27H30F3NO4S/c1-5-6-13-34-23(26(32)33-4)15-20-9-12-22(14-17(20)2)35-16-24-18(3)31-25(36-24)19-7-10-21(11-8-19)27(28,29)30/h7-12,14,23H,5-6,13,15-16H2,1-4H3. The highest BCUT2D eigenvalue weighted by atomic mass is 32.1. The second-order valence-corrected chi connectivity index (χ2v) is 9.50. The largest absolute Gasteiger partial charge is 0.488 e. The lowest BCUT2D eigenvalue weighted by Crippen LogP contribution is -2.28. The maximum absolute atomic E-state index is 12.8. The van der Waals surface area contributed by atoms with Crippen molar-refractivity contribution >= 4 is 17.3 Å². The number of carbonyl (C=O) groups is 1. The van der Waals surface area contributed by atoms with Gasteiger partial charge in [-0.3, -0.25) is 0 Å². The minimum absolute atomic E-state index is 0.286. The summed E-state index contributed by atoms with van der Waals surface area (Å²) in [5, 5.41) is 0.642. The van der Waals surface area contributed by atoms with Crippen LogP contribution >= 0.6 is 11.3 Å². The Morgan fingerprint density at radius 1 is 1.11 bits per heavy atom. The van der Waals surface area contributed by atoms with Crippen molar-refractivity contribution in [2.45, 2.75) is 58.9 Å². The van der Waals surface area contributed by atoms with Crippen molar-refractivity contribution in [1.29, 1.82) is 0 Å². The number of ether oxygens (including phenoxy) is 3. The van der Waals surface area contributed by atoms with Gasteiger partial charge >= 0.3 is 12.1 Å². The number of alkyl halides is 3. The van der Waals surface area contributed by atoms with Crippen LogP contribution in [0.2, 0.25) is 0 Å². The molecule has 2 aromatic carbocycles. The Labute approximate surface area is 213 Å². The molecule has 1 atom stereocenters. The summed E-state index contributed by atoms with van der Waals surface area (Å²) in [7, 11) is 1.35.